The number of anilines is 1. The summed E-state index contributed by atoms with van der Waals surface area (Å²) in [4.78, 5) is 15.2. The Morgan fingerprint density at radius 2 is 2.00 bits per heavy atom. The van der Waals surface area contributed by atoms with Crippen molar-refractivity contribution in [3.8, 4) is 11.5 Å². The van der Waals surface area contributed by atoms with E-state index in [2.05, 4.69) is 43.5 Å². The minimum Gasteiger partial charge on any atom is -0.493 e. The molecule has 9 heteroatoms. The van der Waals surface area contributed by atoms with Crippen LogP contribution in [-0.4, -0.2) is 59.6 Å². The Balaban J connectivity index is 1.31. The number of carbonyl (C=O) groups is 1. The van der Waals surface area contributed by atoms with Crippen LogP contribution in [0.25, 0.3) is 11.0 Å². The van der Waals surface area contributed by atoms with E-state index in [1.54, 1.807) is 14.2 Å². The molecule has 1 aliphatic carbocycles. The topological polar surface area (TPSA) is 88.6 Å². The summed E-state index contributed by atoms with van der Waals surface area (Å²) < 4.78 is 19.6. The Hall–Kier alpha value is -2.91. The van der Waals surface area contributed by atoms with Gasteiger partial charge in [-0.25, -0.2) is 4.79 Å². The molecule has 2 fully saturated rings. The lowest BCUT2D eigenvalue weighted by Crippen LogP contribution is -2.52. The predicted molar refractivity (Wildman–Crippen MR) is 129 cm³/mol. The molecular weight excluding hydrogens is 438 g/mol. The van der Waals surface area contributed by atoms with Crippen LogP contribution in [0.5, 0.6) is 11.5 Å². The maximum Gasteiger partial charge on any atom is 0.319 e. The lowest BCUT2D eigenvalue weighted by Gasteiger charge is -2.45. The average Bonchev–Trinajstić information content (AvgIpc) is 3.45. The summed E-state index contributed by atoms with van der Waals surface area (Å²) in [6.45, 7) is 1.04. The minimum atomic E-state index is -0.195. The van der Waals surface area contributed by atoms with Gasteiger partial charge in [-0.1, -0.05) is 12.1 Å². The number of urea groups is 1. The van der Waals surface area contributed by atoms with Crippen molar-refractivity contribution in [1.29, 1.82) is 0 Å². The van der Waals surface area contributed by atoms with Gasteiger partial charge in [0, 0.05) is 17.5 Å². The fourth-order valence-corrected chi connectivity index (χ4v) is 6.20. The van der Waals surface area contributed by atoms with Crippen LogP contribution in [-0.2, 0) is 5.41 Å². The number of nitrogens with zero attached hydrogens (tertiary/aromatic N) is 3. The van der Waals surface area contributed by atoms with E-state index < -0.39 is 0 Å². The third-order valence-corrected chi connectivity index (χ3v) is 7.90. The molecule has 2 aromatic carbocycles. The minimum absolute atomic E-state index is 0.0564. The van der Waals surface area contributed by atoms with Crippen LogP contribution in [0.1, 0.15) is 31.2 Å². The molecule has 1 aliphatic heterocycles. The second kappa shape index (κ2) is 8.79. The quantitative estimate of drug-likeness (QED) is 0.589. The Labute approximate surface area is 197 Å². The highest BCUT2D eigenvalue weighted by molar-refractivity contribution is 7.00. The van der Waals surface area contributed by atoms with Crippen molar-refractivity contribution < 1.29 is 14.3 Å². The van der Waals surface area contributed by atoms with Gasteiger partial charge in [0.25, 0.3) is 0 Å². The largest absolute Gasteiger partial charge is 0.493 e. The molecule has 2 heterocycles. The summed E-state index contributed by atoms with van der Waals surface area (Å²) in [5.41, 5.74) is 3.56. The highest BCUT2D eigenvalue weighted by Crippen LogP contribution is 2.49. The molecule has 1 saturated carbocycles. The fraction of sp³-hybridized carbons (Fsp3) is 0.458. The molecule has 33 heavy (non-hydrogen) atoms. The van der Waals surface area contributed by atoms with Crippen LogP contribution < -0.4 is 20.1 Å². The fourth-order valence-electron chi connectivity index (χ4n) is 5.65. The van der Waals surface area contributed by atoms with E-state index in [1.165, 1.54) is 5.56 Å². The van der Waals surface area contributed by atoms with E-state index >= 15 is 0 Å². The van der Waals surface area contributed by atoms with Gasteiger partial charge < -0.3 is 25.0 Å². The number of methoxy groups -OCH3 is 2. The molecule has 0 radical (unpaired) electrons. The van der Waals surface area contributed by atoms with E-state index in [0.29, 0.717) is 11.7 Å². The van der Waals surface area contributed by atoms with Crippen molar-refractivity contribution in [3.63, 3.8) is 0 Å². The van der Waals surface area contributed by atoms with E-state index in [9.17, 15) is 4.79 Å². The summed E-state index contributed by atoms with van der Waals surface area (Å²) in [5.74, 6) is 1.51. The van der Waals surface area contributed by atoms with Crippen LogP contribution >= 0.6 is 11.7 Å². The number of hydrogen-bond acceptors (Lipinski definition) is 7. The molecule has 3 aromatic rings. The molecule has 174 valence electrons. The van der Waals surface area contributed by atoms with Gasteiger partial charge in [0.2, 0.25) is 0 Å². The number of aromatic nitrogens is 2. The van der Waals surface area contributed by atoms with E-state index in [4.69, 9.17) is 9.47 Å². The maximum absolute atomic E-state index is 12.8. The molecule has 5 rings (SSSR count). The number of likely N-dealkylation sites (tertiary alicyclic amines) is 1. The monoisotopic (exact) mass is 467 g/mol. The van der Waals surface area contributed by atoms with Crippen molar-refractivity contribution in [3.05, 3.63) is 42.0 Å². The van der Waals surface area contributed by atoms with Gasteiger partial charge in [-0.2, -0.15) is 8.75 Å². The number of carbonyl (C=O) groups excluding carboxylic acids is 1. The normalized spacial score (nSPS) is 24.9. The van der Waals surface area contributed by atoms with Crippen LogP contribution in [0, 0.1) is 0 Å². The smallest absolute Gasteiger partial charge is 0.319 e. The van der Waals surface area contributed by atoms with Gasteiger partial charge in [-0.05, 0) is 69.1 Å². The van der Waals surface area contributed by atoms with Gasteiger partial charge in [-0.15, -0.1) is 0 Å². The Morgan fingerprint density at radius 3 is 2.82 bits per heavy atom. The molecule has 1 aromatic heterocycles. The zero-order valence-corrected chi connectivity index (χ0v) is 19.9. The summed E-state index contributed by atoms with van der Waals surface area (Å²) >= 11 is 1.15. The second-order valence-corrected chi connectivity index (χ2v) is 9.51. The molecule has 3 unspecified atom stereocenters. The molecule has 0 spiro atoms. The number of hydrogen-bond donors (Lipinski definition) is 2. The molecule has 1 saturated heterocycles. The molecule has 0 bridgehead atoms. The average molecular weight is 468 g/mol. The Bertz CT molecular complexity index is 1170. The number of benzene rings is 2. The first-order chi connectivity index (χ1) is 16.0. The molecule has 2 aliphatic rings. The first kappa shape index (κ1) is 21.9. The van der Waals surface area contributed by atoms with Gasteiger partial charge in [0.1, 0.15) is 11.0 Å². The lowest BCUT2D eigenvalue weighted by molar-refractivity contribution is 0.156. The number of likely N-dealkylation sites (N-methyl/N-ethyl adjacent to an activating group) is 1. The predicted octanol–water partition coefficient (Wildman–Crippen LogP) is 4.02. The number of ether oxygens (including phenoxy) is 2. The van der Waals surface area contributed by atoms with E-state index in [0.717, 1.165) is 66.5 Å². The molecule has 8 nitrogen and oxygen atoms in total. The van der Waals surface area contributed by atoms with E-state index in [1.807, 2.05) is 24.3 Å². The molecular formula is C24H29N5O3S. The van der Waals surface area contributed by atoms with Crippen molar-refractivity contribution in [1.82, 2.24) is 19.0 Å². The number of rotatable bonds is 5. The SMILES string of the molecule is COc1ccc(C23CCC(NC(=O)Nc4cccc5nsnc45)CC2N(C)CC3)cc1OC. The summed E-state index contributed by atoms with van der Waals surface area (Å²) in [6, 6.07) is 12.2. The van der Waals surface area contributed by atoms with Gasteiger partial charge >= 0.3 is 6.03 Å². The second-order valence-electron chi connectivity index (χ2n) is 8.98. The number of nitrogens with one attached hydrogen (secondary N) is 2. The zero-order chi connectivity index (χ0) is 23.0. The molecule has 2 amide bonds. The van der Waals surface area contributed by atoms with Crippen molar-refractivity contribution >= 4 is 34.5 Å². The Kier molecular flexibility index (Phi) is 5.84. The zero-order valence-electron chi connectivity index (χ0n) is 19.1. The first-order valence-electron chi connectivity index (χ1n) is 11.3. The maximum atomic E-state index is 12.8. The summed E-state index contributed by atoms with van der Waals surface area (Å²) in [7, 11) is 5.53. The van der Waals surface area contributed by atoms with Gasteiger partial charge in [0.05, 0.1) is 31.6 Å². The summed E-state index contributed by atoms with van der Waals surface area (Å²) in [5, 5.41) is 6.17. The van der Waals surface area contributed by atoms with E-state index in [-0.39, 0.29) is 17.5 Å². The standard InChI is InChI=1S/C24H29N5O3S/c1-29-12-11-24(15-7-8-19(31-2)20(13-15)32-3)10-9-16(14-21(24)29)25-23(30)26-17-5-4-6-18-22(17)28-33-27-18/h4-8,13,16,21H,9-12,14H2,1-3H3,(H2,25,26,30). The number of fused-ring (bicyclic) bond motifs is 2. The van der Waals surface area contributed by atoms with Crippen molar-refractivity contribution in [2.45, 2.75) is 43.2 Å². The van der Waals surface area contributed by atoms with Gasteiger partial charge in [-0.3, -0.25) is 0 Å². The highest BCUT2D eigenvalue weighted by Gasteiger charge is 2.50. The first-order valence-corrected chi connectivity index (χ1v) is 12.0. The summed E-state index contributed by atoms with van der Waals surface area (Å²) in [6.07, 6.45) is 3.94. The van der Waals surface area contributed by atoms with Crippen molar-refractivity contribution in [2.24, 2.45) is 0 Å². The molecule has 2 N–H and O–H groups in total. The van der Waals surface area contributed by atoms with Crippen LogP contribution in [0.2, 0.25) is 0 Å². The van der Waals surface area contributed by atoms with Crippen molar-refractivity contribution in [2.75, 3.05) is 33.1 Å². The molecule has 3 atom stereocenters. The third-order valence-electron chi connectivity index (χ3n) is 7.36. The Morgan fingerprint density at radius 1 is 1.15 bits per heavy atom. The number of amides is 2. The van der Waals surface area contributed by atoms with Crippen LogP contribution in [0.15, 0.2) is 36.4 Å². The van der Waals surface area contributed by atoms with Crippen LogP contribution in [0.3, 0.4) is 0 Å². The lowest BCUT2D eigenvalue weighted by atomic mass is 9.65. The highest BCUT2D eigenvalue weighted by atomic mass is 32.1. The third kappa shape index (κ3) is 3.89. The van der Waals surface area contributed by atoms with Gasteiger partial charge in [0.15, 0.2) is 11.5 Å². The van der Waals surface area contributed by atoms with Crippen LogP contribution in [0.4, 0.5) is 10.5 Å².